The molecular formula is C16H19NOS. The van der Waals surface area contributed by atoms with E-state index in [9.17, 15) is 5.11 Å². The first-order valence-corrected chi connectivity index (χ1v) is 7.73. The van der Waals surface area contributed by atoms with Gasteiger partial charge in [-0.3, -0.25) is 0 Å². The van der Waals surface area contributed by atoms with Crippen molar-refractivity contribution >= 4 is 11.3 Å². The number of hydrogen-bond acceptors (Lipinski definition) is 3. The second kappa shape index (κ2) is 5.06. The molecule has 0 saturated heterocycles. The van der Waals surface area contributed by atoms with Crippen molar-refractivity contribution in [1.82, 2.24) is 4.98 Å². The van der Waals surface area contributed by atoms with Gasteiger partial charge in [-0.05, 0) is 25.3 Å². The third kappa shape index (κ3) is 2.33. The Morgan fingerprint density at radius 1 is 1.32 bits per heavy atom. The van der Waals surface area contributed by atoms with E-state index in [4.69, 9.17) is 0 Å². The van der Waals surface area contributed by atoms with Crippen LogP contribution in [0.25, 0.3) is 0 Å². The highest BCUT2D eigenvalue weighted by molar-refractivity contribution is 7.09. The number of aryl methyl sites for hydroxylation is 1. The van der Waals surface area contributed by atoms with Gasteiger partial charge in [0.25, 0.3) is 0 Å². The standard InChI is InChI=1S/C16H19NOS/c1-12-11-19-15(17-12)10-14(18)16(8-5-9-16)13-6-3-2-4-7-13/h2-4,6-7,11,14,18H,5,8-10H2,1H3. The van der Waals surface area contributed by atoms with Crippen molar-refractivity contribution in [3.63, 3.8) is 0 Å². The molecule has 0 spiro atoms. The van der Waals surface area contributed by atoms with Crippen LogP contribution in [-0.2, 0) is 11.8 Å². The fourth-order valence-corrected chi connectivity index (χ4v) is 3.81. The highest BCUT2D eigenvalue weighted by atomic mass is 32.1. The lowest BCUT2D eigenvalue weighted by atomic mass is 9.60. The number of aliphatic hydroxyl groups is 1. The summed E-state index contributed by atoms with van der Waals surface area (Å²) in [4.78, 5) is 4.47. The van der Waals surface area contributed by atoms with E-state index < -0.39 is 0 Å². The van der Waals surface area contributed by atoms with E-state index in [-0.39, 0.29) is 11.5 Å². The average molecular weight is 273 g/mol. The van der Waals surface area contributed by atoms with E-state index in [1.54, 1.807) is 11.3 Å². The zero-order valence-corrected chi connectivity index (χ0v) is 12.0. The Morgan fingerprint density at radius 2 is 2.05 bits per heavy atom. The molecule has 1 fully saturated rings. The van der Waals surface area contributed by atoms with Gasteiger partial charge in [-0.2, -0.15) is 0 Å². The summed E-state index contributed by atoms with van der Waals surface area (Å²) in [6.07, 6.45) is 3.73. The molecule has 1 heterocycles. The van der Waals surface area contributed by atoms with Gasteiger partial charge in [-0.1, -0.05) is 36.8 Å². The number of thiazole rings is 1. The molecule has 1 aromatic heterocycles. The molecule has 100 valence electrons. The third-order valence-corrected chi connectivity index (χ3v) is 5.26. The lowest BCUT2D eigenvalue weighted by Crippen LogP contribution is -2.46. The van der Waals surface area contributed by atoms with E-state index in [0.717, 1.165) is 23.5 Å². The SMILES string of the molecule is Cc1csc(CC(O)C2(c3ccccc3)CCC2)n1. The van der Waals surface area contributed by atoms with Crippen molar-refractivity contribution < 1.29 is 5.11 Å². The van der Waals surface area contributed by atoms with E-state index in [1.807, 2.05) is 13.0 Å². The molecule has 1 aromatic carbocycles. The molecule has 1 atom stereocenters. The molecule has 0 aliphatic heterocycles. The Labute approximate surface area is 118 Å². The summed E-state index contributed by atoms with van der Waals surface area (Å²) in [6.45, 7) is 2.00. The number of rotatable bonds is 4. The quantitative estimate of drug-likeness (QED) is 0.925. The summed E-state index contributed by atoms with van der Waals surface area (Å²) in [5.41, 5.74) is 2.29. The molecule has 1 N–H and O–H groups in total. The highest BCUT2D eigenvalue weighted by Crippen LogP contribution is 2.47. The predicted octanol–water partition coefficient (Wildman–Crippen LogP) is 3.48. The van der Waals surface area contributed by atoms with Crippen LogP contribution in [0.4, 0.5) is 0 Å². The predicted molar refractivity (Wildman–Crippen MR) is 78.5 cm³/mol. The molecular weight excluding hydrogens is 254 g/mol. The van der Waals surface area contributed by atoms with Crippen LogP contribution in [0.1, 0.15) is 35.5 Å². The van der Waals surface area contributed by atoms with Gasteiger partial charge in [0.2, 0.25) is 0 Å². The molecule has 0 radical (unpaired) electrons. The van der Waals surface area contributed by atoms with Crippen molar-refractivity contribution in [1.29, 1.82) is 0 Å². The molecule has 3 rings (SSSR count). The second-order valence-corrected chi connectivity index (χ2v) is 6.42. The number of aliphatic hydroxyl groups excluding tert-OH is 1. The maximum Gasteiger partial charge on any atom is 0.0954 e. The van der Waals surface area contributed by atoms with Gasteiger partial charge < -0.3 is 5.11 Å². The van der Waals surface area contributed by atoms with Crippen molar-refractivity contribution in [3.05, 3.63) is 52.0 Å². The molecule has 2 aromatic rings. The molecule has 1 aliphatic rings. The van der Waals surface area contributed by atoms with E-state index >= 15 is 0 Å². The first kappa shape index (κ1) is 12.8. The molecule has 1 aliphatic carbocycles. The maximum atomic E-state index is 10.7. The minimum atomic E-state index is -0.325. The molecule has 3 heteroatoms. The van der Waals surface area contributed by atoms with Crippen molar-refractivity contribution in [2.24, 2.45) is 0 Å². The normalized spacial score (nSPS) is 18.8. The summed E-state index contributed by atoms with van der Waals surface area (Å²) in [5.74, 6) is 0. The third-order valence-electron chi connectivity index (χ3n) is 4.27. The fourth-order valence-electron chi connectivity index (χ4n) is 3.00. The zero-order valence-electron chi connectivity index (χ0n) is 11.2. The smallest absolute Gasteiger partial charge is 0.0954 e. The number of nitrogens with zero attached hydrogens (tertiary/aromatic N) is 1. The van der Waals surface area contributed by atoms with Gasteiger partial charge in [0, 0.05) is 22.9 Å². The van der Waals surface area contributed by atoms with Crippen LogP contribution in [0.3, 0.4) is 0 Å². The van der Waals surface area contributed by atoms with Gasteiger partial charge in [0.1, 0.15) is 0 Å². The van der Waals surface area contributed by atoms with Crippen LogP contribution in [0.2, 0.25) is 0 Å². The summed E-state index contributed by atoms with van der Waals surface area (Å²) >= 11 is 1.65. The van der Waals surface area contributed by atoms with Crippen molar-refractivity contribution in [3.8, 4) is 0 Å². The Kier molecular flexibility index (Phi) is 3.42. The van der Waals surface area contributed by atoms with Crippen molar-refractivity contribution in [2.45, 2.75) is 44.1 Å². The van der Waals surface area contributed by atoms with Crippen LogP contribution >= 0.6 is 11.3 Å². The molecule has 19 heavy (non-hydrogen) atoms. The molecule has 2 nitrogen and oxygen atoms in total. The van der Waals surface area contributed by atoms with E-state index in [2.05, 4.69) is 34.6 Å². The van der Waals surface area contributed by atoms with Gasteiger partial charge in [-0.25, -0.2) is 4.98 Å². The Balaban J connectivity index is 1.82. The zero-order chi connectivity index (χ0) is 13.3. The number of hydrogen-bond donors (Lipinski definition) is 1. The number of aromatic nitrogens is 1. The minimum Gasteiger partial charge on any atom is -0.392 e. The summed E-state index contributed by atoms with van der Waals surface area (Å²) in [7, 11) is 0. The Morgan fingerprint density at radius 3 is 2.58 bits per heavy atom. The lowest BCUT2D eigenvalue weighted by Gasteiger charge is -2.46. The summed E-state index contributed by atoms with van der Waals surface area (Å²) < 4.78 is 0. The van der Waals surface area contributed by atoms with Crippen LogP contribution in [0, 0.1) is 6.92 Å². The lowest BCUT2D eigenvalue weighted by molar-refractivity contribution is 0.0285. The Hall–Kier alpha value is -1.19. The van der Waals surface area contributed by atoms with Gasteiger partial charge in [-0.15, -0.1) is 11.3 Å². The van der Waals surface area contributed by atoms with Crippen molar-refractivity contribution in [2.75, 3.05) is 0 Å². The van der Waals surface area contributed by atoms with Gasteiger partial charge in [0.15, 0.2) is 0 Å². The second-order valence-electron chi connectivity index (χ2n) is 5.48. The molecule has 0 bridgehead atoms. The van der Waals surface area contributed by atoms with E-state index in [0.29, 0.717) is 6.42 Å². The summed E-state index contributed by atoms with van der Waals surface area (Å²) in [5, 5.41) is 13.8. The fraction of sp³-hybridized carbons (Fsp3) is 0.438. The van der Waals surface area contributed by atoms with Crippen LogP contribution in [0.15, 0.2) is 35.7 Å². The summed E-state index contributed by atoms with van der Waals surface area (Å²) in [6, 6.07) is 10.5. The first-order chi connectivity index (χ1) is 9.21. The topological polar surface area (TPSA) is 33.1 Å². The molecule has 0 amide bonds. The average Bonchev–Trinajstić information content (AvgIpc) is 2.75. The van der Waals surface area contributed by atoms with Gasteiger partial charge >= 0.3 is 0 Å². The maximum absolute atomic E-state index is 10.7. The van der Waals surface area contributed by atoms with Gasteiger partial charge in [0.05, 0.1) is 11.1 Å². The Bertz CT molecular complexity index is 545. The van der Waals surface area contributed by atoms with Crippen LogP contribution in [0.5, 0.6) is 0 Å². The van der Waals surface area contributed by atoms with Crippen LogP contribution < -0.4 is 0 Å². The highest BCUT2D eigenvalue weighted by Gasteiger charge is 2.44. The monoisotopic (exact) mass is 273 g/mol. The largest absolute Gasteiger partial charge is 0.392 e. The number of benzene rings is 1. The van der Waals surface area contributed by atoms with Crippen LogP contribution in [-0.4, -0.2) is 16.2 Å². The molecule has 1 unspecified atom stereocenters. The molecule has 1 saturated carbocycles. The minimum absolute atomic E-state index is 0.0408. The first-order valence-electron chi connectivity index (χ1n) is 6.85. The van der Waals surface area contributed by atoms with E-state index in [1.165, 1.54) is 12.0 Å².